The molecule has 16 heteroatoms. The summed E-state index contributed by atoms with van der Waals surface area (Å²) in [6, 6.07) is 7.38. The molecule has 9 nitrogen and oxygen atoms in total. The molecule has 2 rings (SSSR count). The molecule has 0 radical (unpaired) electrons. The summed E-state index contributed by atoms with van der Waals surface area (Å²) in [5.74, 6) is -1.12. The molecule has 0 atom stereocenters. The highest BCUT2D eigenvalue weighted by Gasteiger charge is 2.26. The average Bonchev–Trinajstić information content (AvgIpc) is 2.73. The maximum Gasteiger partial charge on any atom is 0.323 e. The lowest BCUT2D eigenvalue weighted by atomic mass is 10.3. The third-order valence-electron chi connectivity index (χ3n) is 3.72. The van der Waals surface area contributed by atoms with Crippen molar-refractivity contribution in [2.75, 3.05) is 25.1 Å². The van der Waals surface area contributed by atoms with Gasteiger partial charge in [0.15, 0.2) is 13.6 Å². The quantitative estimate of drug-likeness (QED) is 0.135. The number of hydrogen-bond acceptors (Lipinski definition) is 11. The van der Waals surface area contributed by atoms with Gasteiger partial charge in [0.25, 0.3) is 0 Å². The van der Waals surface area contributed by atoms with Gasteiger partial charge in [0.1, 0.15) is 21.4 Å². The Morgan fingerprint density at radius 1 is 0.765 bits per heavy atom. The topological polar surface area (TPSA) is 122 Å². The molecule has 0 bridgehead atoms. The second-order valence-electron chi connectivity index (χ2n) is 5.92. The highest BCUT2D eigenvalue weighted by Crippen LogP contribution is 2.32. The largest absolute Gasteiger partial charge is 0.323 e. The monoisotopic (exact) mass is 578 g/mol. The molecular formula is C18H21F2O9PS4. The van der Waals surface area contributed by atoms with E-state index in [1.54, 1.807) is 13.8 Å². The van der Waals surface area contributed by atoms with E-state index < -0.39 is 63.5 Å². The first-order valence-corrected chi connectivity index (χ1v) is 15.5. The summed E-state index contributed by atoms with van der Waals surface area (Å²) < 4.78 is 108. The zero-order valence-electron chi connectivity index (χ0n) is 17.9. The van der Waals surface area contributed by atoms with Crippen LogP contribution >= 0.6 is 31.8 Å². The zero-order valence-corrected chi connectivity index (χ0v) is 22.1. The lowest BCUT2D eigenvalue weighted by Gasteiger charge is -2.12. The Kier molecular flexibility index (Phi) is 11.4. The van der Waals surface area contributed by atoms with Crippen LogP contribution in [-0.4, -0.2) is 41.9 Å². The molecular weight excluding hydrogens is 557 g/mol. The summed E-state index contributed by atoms with van der Waals surface area (Å²) >= 11 is 2.15. The minimum absolute atomic E-state index is 0.124. The molecule has 0 aliphatic carbocycles. The van der Waals surface area contributed by atoms with Crippen LogP contribution in [0, 0.1) is 11.6 Å². The molecule has 0 aliphatic heterocycles. The van der Waals surface area contributed by atoms with E-state index in [4.69, 9.17) is 0 Å². The zero-order chi connectivity index (χ0) is 25.4. The van der Waals surface area contributed by atoms with Crippen LogP contribution in [-0.2, 0) is 42.2 Å². The molecule has 0 N–H and O–H groups in total. The fourth-order valence-corrected chi connectivity index (χ4v) is 7.22. The van der Waals surface area contributed by atoms with Crippen molar-refractivity contribution in [3.63, 3.8) is 0 Å². The van der Waals surface area contributed by atoms with E-state index in [1.165, 1.54) is 24.3 Å². The van der Waals surface area contributed by atoms with Gasteiger partial charge in [-0.05, 0) is 35.8 Å². The van der Waals surface area contributed by atoms with Crippen LogP contribution in [0.15, 0.2) is 56.0 Å². The maximum atomic E-state index is 14.1. The molecule has 0 heterocycles. The molecule has 0 saturated heterocycles. The molecule has 34 heavy (non-hydrogen) atoms. The Balaban J connectivity index is 1.93. The lowest BCUT2D eigenvalue weighted by Crippen LogP contribution is -2.13. The van der Waals surface area contributed by atoms with Crippen LogP contribution in [0.5, 0.6) is 0 Å². The van der Waals surface area contributed by atoms with Crippen LogP contribution in [0.2, 0.25) is 0 Å². The number of benzene rings is 2. The van der Waals surface area contributed by atoms with Crippen molar-refractivity contribution in [3.8, 4) is 0 Å². The third kappa shape index (κ3) is 8.00. The molecule has 0 amide bonds. The van der Waals surface area contributed by atoms with E-state index in [0.29, 0.717) is 11.5 Å². The number of halogens is 2. The predicted molar refractivity (Wildman–Crippen MR) is 123 cm³/mol. The SMILES string of the molecule is CCSc1cccc(F)c1S(=O)(=O)OCO[PH](=O)OCOS(=O)(=O)c1c(F)cccc1SCC. The van der Waals surface area contributed by atoms with E-state index in [2.05, 4.69) is 17.4 Å². The molecule has 2 aromatic carbocycles. The molecule has 0 fully saturated rings. The van der Waals surface area contributed by atoms with Crippen molar-refractivity contribution in [2.45, 2.75) is 33.4 Å². The Morgan fingerprint density at radius 2 is 1.15 bits per heavy atom. The van der Waals surface area contributed by atoms with Crippen molar-refractivity contribution >= 4 is 52.0 Å². The van der Waals surface area contributed by atoms with E-state index in [-0.39, 0.29) is 9.79 Å². The van der Waals surface area contributed by atoms with Gasteiger partial charge in [-0.25, -0.2) is 17.1 Å². The maximum absolute atomic E-state index is 14.1. The summed E-state index contributed by atoms with van der Waals surface area (Å²) in [6.45, 7) is 1.30. The Labute approximate surface area is 205 Å². The van der Waals surface area contributed by atoms with Gasteiger partial charge in [0.05, 0.1) is 0 Å². The van der Waals surface area contributed by atoms with Gasteiger partial charge >= 0.3 is 28.5 Å². The summed E-state index contributed by atoms with van der Waals surface area (Å²) in [5.41, 5.74) is 0. The van der Waals surface area contributed by atoms with Crippen LogP contribution in [0.3, 0.4) is 0 Å². The van der Waals surface area contributed by atoms with Crippen molar-refractivity contribution in [2.24, 2.45) is 0 Å². The fraction of sp³-hybridized carbons (Fsp3) is 0.333. The molecule has 0 unspecified atom stereocenters. The summed E-state index contributed by atoms with van der Waals surface area (Å²) in [5, 5.41) is 0. The molecule has 0 aromatic heterocycles. The number of hydrogen-bond donors (Lipinski definition) is 0. The van der Waals surface area contributed by atoms with E-state index >= 15 is 0 Å². The standard InChI is InChI=1S/C18H21F2O9PS4/c1-3-31-15-9-5-7-13(19)17(15)33(22,23)28-11-26-30(21)27-12-29-34(24,25)18-14(20)8-6-10-16(18)32-4-2/h5-10,30H,3-4,11-12H2,1-2H3. The average molecular weight is 579 g/mol. The van der Waals surface area contributed by atoms with Gasteiger partial charge < -0.3 is 0 Å². The van der Waals surface area contributed by atoms with E-state index in [0.717, 1.165) is 35.7 Å². The van der Waals surface area contributed by atoms with Crippen LogP contribution < -0.4 is 0 Å². The second-order valence-corrected chi connectivity index (χ2v) is 12.7. The summed E-state index contributed by atoms with van der Waals surface area (Å²) in [4.78, 5) is -1.13. The highest BCUT2D eigenvalue weighted by atomic mass is 32.2. The van der Waals surface area contributed by atoms with Gasteiger partial charge in [-0.1, -0.05) is 26.0 Å². The van der Waals surface area contributed by atoms with Crippen LogP contribution in [0.4, 0.5) is 8.78 Å². The lowest BCUT2D eigenvalue weighted by molar-refractivity contribution is 0.0750. The highest BCUT2D eigenvalue weighted by molar-refractivity contribution is 8.00. The minimum Gasteiger partial charge on any atom is -0.282 e. The van der Waals surface area contributed by atoms with Crippen LogP contribution in [0.25, 0.3) is 0 Å². The number of thioether (sulfide) groups is 2. The smallest absolute Gasteiger partial charge is 0.282 e. The normalized spacial score (nSPS) is 12.4. The predicted octanol–water partition coefficient (Wildman–Crippen LogP) is 4.64. The first-order chi connectivity index (χ1) is 16.0. The Hall–Kier alpha value is -1.03. The molecule has 2 aromatic rings. The van der Waals surface area contributed by atoms with Gasteiger partial charge in [-0.2, -0.15) is 16.8 Å². The summed E-state index contributed by atoms with van der Waals surface area (Å²) in [6.07, 6.45) is 0. The van der Waals surface area contributed by atoms with Crippen molar-refractivity contribution in [1.29, 1.82) is 0 Å². The van der Waals surface area contributed by atoms with E-state index in [1.807, 2.05) is 0 Å². The third-order valence-corrected chi connectivity index (χ3v) is 9.21. The van der Waals surface area contributed by atoms with E-state index in [9.17, 15) is 30.2 Å². The first-order valence-electron chi connectivity index (χ1n) is 9.44. The summed E-state index contributed by atoms with van der Waals surface area (Å²) in [7, 11) is -12.7. The molecule has 0 spiro atoms. The number of rotatable bonds is 14. The molecule has 0 saturated carbocycles. The fourth-order valence-electron chi connectivity index (χ4n) is 2.43. The van der Waals surface area contributed by atoms with Crippen LogP contribution in [0.1, 0.15) is 13.8 Å². The molecule has 0 aliphatic rings. The Morgan fingerprint density at radius 3 is 1.50 bits per heavy atom. The van der Waals surface area contributed by atoms with Crippen molar-refractivity contribution in [3.05, 3.63) is 48.0 Å². The van der Waals surface area contributed by atoms with Gasteiger partial charge in [-0.3, -0.25) is 13.6 Å². The molecule has 190 valence electrons. The van der Waals surface area contributed by atoms with Gasteiger partial charge in [0, 0.05) is 9.79 Å². The van der Waals surface area contributed by atoms with Crippen molar-refractivity contribution < 1.29 is 47.6 Å². The minimum atomic E-state index is -4.60. The first kappa shape index (κ1) is 29.2. The van der Waals surface area contributed by atoms with Crippen molar-refractivity contribution in [1.82, 2.24) is 0 Å². The van der Waals surface area contributed by atoms with Gasteiger partial charge in [0.2, 0.25) is 0 Å². The van der Waals surface area contributed by atoms with Gasteiger partial charge in [-0.15, -0.1) is 23.5 Å². The Bertz CT molecular complexity index is 1130. The second kappa shape index (κ2) is 13.3.